The minimum atomic E-state index is -1.75. The lowest BCUT2D eigenvalue weighted by atomic mass is 9.98. The van der Waals surface area contributed by atoms with E-state index in [1.807, 2.05) is 0 Å². The van der Waals surface area contributed by atoms with E-state index in [2.05, 4.69) is 26.9 Å². The summed E-state index contributed by atoms with van der Waals surface area (Å²) in [5.74, 6) is 0. The molecule has 3 fully saturated rings. The molecule has 0 aromatic rings. The van der Waals surface area contributed by atoms with Gasteiger partial charge in [-0.1, -0.05) is 117 Å². The normalized spacial score (nSPS) is 26.2. The molecule has 3 heteroatoms. The maximum absolute atomic E-state index is 7.87. The van der Waals surface area contributed by atoms with Crippen molar-refractivity contribution in [3.8, 4) is 0 Å². The molecule has 3 aliphatic rings. The molecular formula is C24H48OSi2. The van der Waals surface area contributed by atoms with Crippen molar-refractivity contribution >= 4 is 16.6 Å². The monoisotopic (exact) mass is 408 g/mol. The quantitative estimate of drug-likeness (QED) is 0.382. The summed E-state index contributed by atoms with van der Waals surface area (Å²) in [6, 6.07) is 0. The fourth-order valence-corrected chi connectivity index (χ4v) is 20.3. The minimum absolute atomic E-state index is 0.806. The lowest BCUT2D eigenvalue weighted by Gasteiger charge is -2.56. The molecule has 1 unspecified atom stereocenters. The third-order valence-electron chi connectivity index (χ3n) is 8.97. The Bertz CT molecular complexity index is 386. The van der Waals surface area contributed by atoms with Gasteiger partial charge in [0.2, 0.25) is 0 Å². The zero-order valence-electron chi connectivity index (χ0n) is 19.0. The first kappa shape index (κ1) is 22.1. The van der Waals surface area contributed by atoms with E-state index in [9.17, 15) is 0 Å². The number of hydrogen-bond acceptors (Lipinski definition) is 1. The molecular weight excluding hydrogens is 360 g/mol. The van der Waals surface area contributed by atoms with E-state index in [0.29, 0.717) is 0 Å². The second-order valence-electron chi connectivity index (χ2n) is 10.9. The largest absolute Gasteiger partial charge is 0.454 e. The molecule has 3 saturated carbocycles. The lowest BCUT2D eigenvalue weighted by Crippen LogP contribution is -2.59. The van der Waals surface area contributed by atoms with Crippen molar-refractivity contribution in [1.29, 1.82) is 0 Å². The van der Waals surface area contributed by atoms with Crippen molar-refractivity contribution in [3.63, 3.8) is 0 Å². The highest BCUT2D eigenvalue weighted by molar-refractivity contribution is 6.89. The van der Waals surface area contributed by atoms with Gasteiger partial charge in [0.25, 0.3) is 0 Å². The van der Waals surface area contributed by atoms with Crippen LogP contribution in [0.25, 0.3) is 0 Å². The molecule has 0 aromatic heterocycles. The van der Waals surface area contributed by atoms with Crippen LogP contribution in [-0.4, -0.2) is 16.6 Å². The molecule has 0 amide bonds. The van der Waals surface area contributed by atoms with Crippen molar-refractivity contribution < 1.29 is 4.12 Å². The molecule has 0 spiro atoms. The van der Waals surface area contributed by atoms with E-state index in [0.717, 1.165) is 22.2 Å². The van der Waals surface area contributed by atoms with Crippen molar-refractivity contribution in [2.24, 2.45) is 0 Å². The van der Waals surface area contributed by atoms with Crippen LogP contribution in [0.2, 0.25) is 35.3 Å². The van der Waals surface area contributed by atoms with E-state index < -0.39 is 16.6 Å². The molecule has 0 heterocycles. The Morgan fingerprint density at radius 1 is 0.667 bits per heavy atom. The van der Waals surface area contributed by atoms with Crippen LogP contribution >= 0.6 is 0 Å². The van der Waals surface area contributed by atoms with Gasteiger partial charge in [0.1, 0.15) is 0 Å². The summed E-state index contributed by atoms with van der Waals surface area (Å²) >= 11 is 0. The van der Waals surface area contributed by atoms with Gasteiger partial charge in [0.05, 0.1) is 0 Å². The average molecular weight is 409 g/mol. The van der Waals surface area contributed by atoms with Crippen molar-refractivity contribution in [2.45, 2.75) is 152 Å². The first-order chi connectivity index (χ1) is 13.0. The summed E-state index contributed by atoms with van der Waals surface area (Å²) in [5, 5.41) is 0. The summed E-state index contributed by atoms with van der Waals surface area (Å²) in [7, 11) is -3.38. The van der Waals surface area contributed by atoms with Crippen LogP contribution in [0, 0.1) is 0 Å². The number of hydrogen-bond donors (Lipinski definition) is 0. The van der Waals surface area contributed by atoms with Crippen molar-refractivity contribution in [2.75, 3.05) is 0 Å². The van der Waals surface area contributed by atoms with Gasteiger partial charge < -0.3 is 4.12 Å². The van der Waals surface area contributed by atoms with Crippen LogP contribution in [0.1, 0.15) is 117 Å². The van der Waals surface area contributed by atoms with Crippen LogP contribution in [0.4, 0.5) is 0 Å². The standard InChI is InChI=1S/C24H48OSi2/c1-5-21(2)26(3,4)25-27(22-15-9-6-10-16-22,23-17-11-7-12-18-23)24-19-13-8-14-20-24/h21-24H,5-20H2,1-4H3. The summed E-state index contributed by atoms with van der Waals surface area (Å²) in [4.78, 5) is 0. The molecule has 0 saturated heterocycles. The van der Waals surface area contributed by atoms with Crippen LogP contribution in [-0.2, 0) is 4.12 Å². The molecule has 1 nitrogen and oxygen atoms in total. The molecule has 1 atom stereocenters. The maximum atomic E-state index is 7.87. The second-order valence-corrected chi connectivity index (χ2v) is 20.0. The highest BCUT2D eigenvalue weighted by Gasteiger charge is 2.57. The Labute approximate surface area is 172 Å². The van der Waals surface area contributed by atoms with E-state index >= 15 is 0 Å². The Balaban J connectivity index is 1.98. The molecule has 3 rings (SSSR count). The van der Waals surface area contributed by atoms with Crippen LogP contribution < -0.4 is 0 Å². The number of rotatable bonds is 7. The molecule has 158 valence electrons. The van der Waals surface area contributed by atoms with Crippen molar-refractivity contribution in [3.05, 3.63) is 0 Å². The molecule has 0 aliphatic heterocycles. The van der Waals surface area contributed by atoms with Crippen molar-refractivity contribution in [1.82, 2.24) is 0 Å². The Morgan fingerprint density at radius 2 is 1.00 bits per heavy atom. The zero-order valence-corrected chi connectivity index (χ0v) is 21.0. The smallest absolute Gasteiger partial charge is 0.189 e. The summed E-state index contributed by atoms with van der Waals surface area (Å²) in [6.07, 6.45) is 23.8. The second kappa shape index (κ2) is 9.93. The molecule has 0 bridgehead atoms. The Hall–Kier alpha value is 0.394. The average Bonchev–Trinajstić information content (AvgIpc) is 2.73. The van der Waals surface area contributed by atoms with Gasteiger partial charge in [0, 0.05) is 0 Å². The minimum Gasteiger partial charge on any atom is -0.454 e. The summed E-state index contributed by atoms with van der Waals surface area (Å²) < 4.78 is 7.87. The first-order valence-corrected chi connectivity index (χ1v) is 17.8. The van der Waals surface area contributed by atoms with E-state index in [1.54, 1.807) is 0 Å². The highest BCUT2D eigenvalue weighted by Crippen LogP contribution is 2.58. The van der Waals surface area contributed by atoms with Crippen LogP contribution in [0.3, 0.4) is 0 Å². The van der Waals surface area contributed by atoms with Gasteiger partial charge in [-0.25, -0.2) is 0 Å². The van der Waals surface area contributed by atoms with Gasteiger partial charge in [-0.15, -0.1) is 0 Å². The molecule has 3 aliphatic carbocycles. The predicted octanol–water partition coefficient (Wildman–Crippen LogP) is 8.96. The van der Waals surface area contributed by atoms with Crippen LogP contribution in [0.15, 0.2) is 0 Å². The SMILES string of the molecule is CCC(C)[Si](C)(C)O[Si](C1CCCCC1)(C1CCCCC1)C1CCCCC1. The molecule has 0 aromatic carbocycles. The van der Waals surface area contributed by atoms with Gasteiger partial charge in [0.15, 0.2) is 16.6 Å². The van der Waals surface area contributed by atoms with Gasteiger partial charge >= 0.3 is 0 Å². The Kier molecular flexibility index (Phi) is 8.13. The van der Waals surface area contributed by atoms with Gasteiger partial charge in [-0.05, 0) is 35.3 Å². The third-order valence-corrected chi connectivity index (χ3v) is 20.8. The molecule has 27 heavy (non-hydrogen) atoms. The zero-order chi connectivity index (χ0) is 19.3. The maximum Gasteiger partial charge on any atom is 0.189 e. The fraction of sp³-hybridized carbons (Fsp3) is 1.00. The van der Waals surface area contributed by atoms with Gasteiger partial charge in [-0.3, -0.25) is 0 Å². The van der Waals surface area contributed by atoms with Crippen LogP contribution in [0.5, 0.6) is 0 Å². The van der Waals surface area contributed by atoms with E-state index in [1.165, 1.54) is 103 Å². The van der Waals surface area contributed by atoms with E-state index in [-0.39, 0.29) is 0 Å². The molecule has 0 N–H and O–H groups in total. The predicted molar refractivity (Wildman–Crippen MR) is 125 cm³/mol. The fourth-order valence-electron chi connectivity index (χ4n) is 6.96. The lowest BCUT2D eigenvalue weighted by molar-refractivity contribution is 0.337. The topological polar surface area (TPSA) is 9.23 Å². The third kappa shape index (κ3) is 4.94. The molecule has 0 radical (unpaired) electrons. The van der Waals surface area contributed by atoms with E-state index in [4.69, 9.17) is 4.12 Å². The summed E-state index contributed by atoms with van der Waals surface area (Å²) in [6.45, 7) is 10.1. The highest BCUT2D eigenvalue weighted by atomic mass is 28.4. The Morgan fingerprint density at radius 3 is 1.30 bits per heavy atom. The van der Waals surface area contributed by atoms with Gasteiger partial charge in [-0.2, -0.15) is 0 Å². The summed E-state index contributed by atoms with van der Waals surface area (Å²) in [5.41, 5.74) is 3.79. The first-order valence-electron chi connectivity index (χ1n) is 12.7.